The first kappa shape index (κ1) is 19.0. The van der Waals surface area contributed by atoms with Gasteiger partial charge in [-0.15, -0.1) is 0 Å². The zero-order chi connectivity index (χ0) is 19.4. The quantitative estimate of drug-likeness (QED) is 0.447. The van der Waals surface area contributed by atoms with Crippen molar-refractivity contribution in [1.29, 1.82) is 0 Å². The molecule has 0 aliphatic heterocycles. The second-order valence-corrected chi connectivity index (χ2v) is 6.68. The van der Waals surface area contributed by atoms with E-state index in [1.165, 1.54) is 18.2 Å². The summed E-state index contributed by atoms with van der Waals surface area (Å²) in [7, 11) is 0. The summed E-state index contributed by atoms with van der Waals surface area (Å²) in [6.07, 6.45) is 0. The topological polar surface area (TPSA) is 55.4 Å². The van der Waals surface area contributed by atoms with Crippen LogP contribution in [0.1, 0.15) is 26.3 Å². The van der Waals surface area contributed by atoms with E-state index in [1.54, 1.807) is 24.3 Å². The summed E-state index contributed by atoms with van der Waals surface area (Å²) in [4.78, 5) is 24.4. The van der Waals surface area contributed by atoms with Gasteiger partial charge in [-0.25, -0.2) is 4.79 Å². The fraction of sp³-hybridized carbons (Fsp3) is 0.0476. The molecule has 0 aliphatic carbocycles. The summed E-state index contributed by atoms with van der Waals surface area (Å²) < 4.78 is 5.29. The minimum Gasteiger partial charge on any atom is -0.423 e. The van der Waals surface area contributed by atoms with E-state index in [0.29, 0.717) is 22.0 Å². The second kappa shape index (κ2) is 8.25. The molecule has 6 heteroatoms. The summed E-state index contributed by atoms with van der Waals surface area (Å²) in [5, 5.41) is 3.44. The summed E-state index contributed by atoms with van der Waals surface area (Å²) in [6, 6.07) is 18.3. The van der Waals surface area contributed by atoms with Crippen molar-refractivity contribution in [2.45, 2.75) is 6.92 Å². The monoisotopic (exact) mass is 399 g/mol. The van der Waals surface area contributed by atoms with E-state index in [-0.39, 0.29) is 16.5 Å². The highest BCUT2D eigenvalue weighted by Crippen LogP contribution is 2.23. The molecule has 4 nitrogen and oxygen atoms in total. The highest BCUT2D eigenvalue weighted by atomic mass is 35.5. The Hall–Kier alpha value is -2.82. The van der Waals surface area contributed by atoms with Crippen LogP contribution in [-0.2, 0) is 0 Å². The molecule has 0 heterocycles. The number of halogens is 2. The fourth-order valence-corrected chi connectivity index (χ4v) is 2.60. The molecule has 0 aliphatic rings. The average Bonchev–Trinajstić information content (AvgIpc) is 2.66. The Kier molecular flexibility index (Phi) is 5.79. The van der Waals surface area contributed by atoms with Gasteiger partial charge in [0.15, 0.2) is 0 Å². The van der Waals surface area contributed by atoms with Gasteiger partial charge in [0.25, 0.3) is 5.91 Å². The number of hydrogen-bond acceptors (Lipinski definition) is 3. The summed E-state index contributed by atoms with van der Waals surface area (Å²) in [5.74, 6) is -0.496. The first-order valence-electron chi connectivity index (χ1n) is 8.08. The van der Waals surface area contributed by atoms with Crippen LogP contribution >= 0.6 is 23.2 Å². The third-order valence-electron chi connectivity index (χ3n) is 3.79. The Morgan fingerprint density at radius 2 is 1.44 bits per heavy atom. The number of esters is 1. The first-order valence-corrected chi connectivity index (χ1v) is 8.83. The lowest BCUT2D eigenvalue weighted by Crippen LogP contribution is -2.12. The Bertz CT molecular complexity index is 983. The molecule has 0 unspecified atom stereocenters. The third kappa shape index (κ3) is 4.88. The number of nitrogens with one attached hydrogen (secondary N) is 1. The lowest BCUT2D eigenvalue weighted by molar-refractivity contribution is 0.0734. The number of ether oxygens (including phenoxy) is 1. The molecule has 0 saturated heterocycles. The molecule has 0 spiro atoms. The van der Waals surface area contributed by atoms with Gasteiger partial charge in [0.2, 0.25) is 0 Å². The standard InChI is InChI=1S/C21H15Cl2NO3/c1-13-2-7-16(8-3-13)24-20(25)14-4-9-17(10-5-14)27-21(26)15-6-11-18(22)19(23)12-15/h2-12H,1H3,(H,24,25). The molecule has 1 N–H and O–H groups in total. The van der Waals surface area contributed by atoms with E-state index in [0.717, 1.165) is 5.56 Å². The lowest BCUT2D eigenvalue weighted by Gasteiger charge is -2.08. The number of anilines is 1. The minimum atomic E-state index is -0.564. The van der Waals surface area contributed by atoms with Crippen molar-refractivity contribution in [1.82, 2.24) is 0 Å². The van der Waals surface area contributed by atoms with Gasteiger partial charge in [0.05, 0.1) is 15.6 Å². The Morgan fingerprint density at radius 3 is 2.07 bits per heavy atom. The third-order valence-corrected chi connectivity index (χ3v) is 4.53. The molecule has 0 fully saturated rings. The second-order valence-electron chi connectivity index (χ2n) is 5.86. The van der Waals surface area contributed by atoms with Crippen molar-refractivity contribution >= 4 is 40.8 Å². The predicted molar refractivity (Wildman–Crippen MR) is 107 cm³/mol. The zero-order valence-electron chi connectivity index (χ0n) is 14.3. The van der Waals surface area contributed by atoms with Gasteiger partial charge < -0.3 is 10.1 Å². The summed E-state index contributed by atoms with van der Waals surface area (Å²) in [5.41, 5.74) is 2.55. The molecular weight excluding hydrogens is 385 g/mol. The molecule has 3 rings (SSSR count). The number of carbonyl (C=O) groups is 2. The summed E-state index contributed by atoms with van der Waals surface area (Å²) in [6.45, 7) is 1.98. The van der Waals surface area contributed by atoms with Gasteiger partial charge >= 0.3 is 5.97 Å². The normalized spacial score (nSPS) is 10.3. The fourth-order valence-electron chi connectivity index (χ4n) is 2.30. The van der Waals surface area contributed by atoms with E-state index in [9.17, 15) is 9.59 Å². The van der Waals surface area contributed by atoms with Crippen LogP contribution in [0.3, 0.4) is 0 Å². The molecule has 1 amide bonds. The minimum absolute atomic E-state index is 0.249. The number of carbonyl (C=O) groups excluding carboxylic acids is 2. The largest absolute Gasteiger partial charge is 0.423 e. The van der Waals surface area contributed by atoms with Crippen molar-refractivity contribution < 1.29 is 14.3 Å². The van der Waals surface area contributed by atoms with Crippen LogP contribution in [0.5, 0.6) is 5.75 Å². The van der Waals surface area contributed by atoms with Crippen molar-refractivity contribution in [3.63, 3.8) is 0 Å². The van der Waals surface area contributed by atoms with Crippen LogP contribution in [0.2, 0.25) is 10.0 Å². The molecule has 0 saturated carbocycles. The van der Waals surface area contributed by atoms with Crippen molar-refractivity contribution in [2.24, 2.45) is 0 Å². The van der Waals surface area contributed by atoms with Crippen LogP contribution in [0.25, 0.3) is 0 Å². The van der Waals surface area contributed by atoms with Gasteiger partial charge in [-0.05, 0) is 61.5 Å². The van der Waals surface area contributed by atoms with E-state index < -0.39 is 5.97 Å². The first-order chi connectivity index (χ1) is 12.9. The van der Waals surface area contributed by atoms with Crippen molar-refractivity contribution in [3.8, 4) is 5.75 Å². The number of aryl methyl sites for hydroxylation is 1. The molecule has 0 atom stereocenters. The van der Waals surface area contributed by atoms with Crippen LogP contribution in [0.15, 0.2) is 66.7 Å². The predicted octanol–water partition coefficient (Wildman–Crippen LogP) is 5.77. The van der Waals surface area contributed by atoms with Crippen LogP contribution < -0.4 is 10.1 Å². The molecule has 27 heavy (non-hydrogen) atoms. The molecular formula is C21H15Cl2NO3. The summed E-state index contributed by atoms with van der Waals surface area (Å²) >= 11 is 11.7. The van der Waals surface area contributed by atoms with E-state index in [2.05, 4.69) is 5.32 Å². The average molecular weight is 400 g/mol. The van der Waals surface area contributed by atoms with E-state index >= 15 is 0 Å². The maximum absolute atomic E-state index is 12.3. The molecule has 0 aromatic heterocycles. The maximum atomic E-state index is 12.3. The highest BCUT2D eigenvalue weighted by molar-refractivity contribution is 6.42. The van der Waals surface area contributed by atoms with E-state index in [4.69, 9.17) is 27.9 Å². The van der Waals surface area contributed by atoms with Crippen molar-refractivity contribution in [2.75, 3.05) is 5.32 Å². The maximum Gasteiger partial charge on any atom is 0.343 e. The SMILES string of the molecule is Cc1ccc(NC(=O)c2ccc(OC(=O)c3ccc(Cl)c(Cl)c3)cc2)cc1. The molecule has 3 aromatic carbocycles. The number of amides is 1. The van der Waals surface area contributed by atoms with Gasteiger partial charge in [-0.2, -0.15) is 0 Å². The molecule has 3 aromatic rings. The molecule has 136 valence electrons. The lowest BCUT2D eigenvalue weighted by atomic mass is 10.2. The highest BCUT2D eigenvalue weighted by Gasteiger charge is 2.12. The van der Waals surface area contributed by atoms with E-state index in [1.807, 2.05) is 31.2 Å². The van der Waals surface area contributed by atoms with Gasteiger partial charge in [-0.1, -0.05) is 40.9 Å². The smallest absolute Gasteiger partial charge is 0.343 e. The number of hydrogen-bond donors (Lipinski definition) is 1. The van der Waals surface area contributed by atoms with Crippen LogP contribution in [0, 0.1) is 6.92 Å². The Morgan fingerprint density at radius 1 is 0.815 bits per heavy atom. The van der Waals surface area contributed by atoms with Gasteiger partial charge in [0.1, 0.15) is 5.75 Å². The number of benzene rings is 3. The van der Waals surface area contributed by atoms with Crippen molar-refractivity contribution in [3.05, 3.63) is 93.5 Å². The van der Waals surface area contributed by atoms with Gasteiger partial charge in [0, 0.05) is 11.3 Å². The van der Waals surface area contributed by atoms with Crippen LogP contribution in [0.4, 0.5) is 5.69 Å². The Balaban J connectivity index is 1.65. The van der Waals surface area contributed by atoms with Crippen LogP contribution in [-0.4, -0.2) is 11.9 Å². The molecule has 0 bridgehead atoms. The Labute approximate surface area is 166 Å². The molecule has 0 radical (unpaired) electrons. The van der Waals surface area contributed by atoms with Gasteiger partial charge in [-0.3, -0.25) is 4.79 Å². The number of rotatable bonds is 4. The zero-order valence-corrected chi connectivity index (χ0v) is 15.8.